The molecule has 0 fully saturated rings. The lowest BCUT2D eigenvalue weighted by Crippen LogP contribution is -2.50. The van der Waals surface area contributed by atoms with Crippen molar-refractivity contribution in [3.63, 3.8) is 0 Å². The molecule has 0 aliphatic rings. The third kappa shape index (κ3) is 2.58. The van der Waals surface area contributed by atoms with Gasteiger partial charge in [-0.15, -0.1) is 0 Å². The van der Waals surface area contributed by atoms with E-state index in [-0.39, 0.29) is 0 Å². The molecule has 0 aromatic heterocycles. The number of carbonyl (C=O) groups is 2. The monoisotopic (exact) mass is 218 g/mol. The van der Waals surface area contributed by atoms with Gasteiger partial charge < -0.3 is 4.74 Å². The number of halogens is 4. The van der Waals surface area contributed by atoms with Crippen LogP contribution in [0.5, 0.6) is 0 Å². The topological polar surface area (TPSA) is 43.4 Å². The fourth-order valence-electron chi connectivity index (χ4n) is 0.497. The first-order valence-electron chi connectivity index (χ1n) is 3.07. The van der Waals surface area contributed by atoms with Crippen LogP contribution in [0, 0.1) is 0 Å². The molecule has 0 aliphatic carbocycles. The third-order valence-electron chi connectivity index (χ3n) is 1.26. The Balaban J connectivity index is 4.96. The fraction of sp³-hybridized carbons (Fsp3) is 0.667. The quantitative estimate of drug-likeness (QED) is 0.523. The number of rotatable bonds is 2. The highest BCUT2D eigenvalue weighted by molar-refractivity contribution is 6.65. The Morgan fingerprint density at radius 1 is 1.31 bits per heavy atom. The van der Waals surface area contributed by atoms with Crippen molar-refractivity contribution in [1.82, 2.24) is 0 Å². The van der Waals surface area contributed by atoms with Crippen LogP contribution in [0.1, 0.15) is 13.8 Å². The van der Waals surface area contributed by atoms with E-state index < -0.39 is 23.0 Å². The van der Waals surface area contributed by atoms with Gasteiger partial charge in [-0.05, 0) is 18.5 Å². The maximum Gasteiger partial charge on any atom is 0.436 e. The van der Waals surface area contributed by atoms with Crippen LogP contribution in [-0.4, -0.2) is 23.0 Å². The van der Waals surface area contributed by atoms with Gasteiger partial charge in [0.15, 0.2) is 0 Å². The van der Waals surface area contributed by atoms with Crippen molar-refractivity contribution >= 4 is 22.8 Å². The van der Waals surface area contributed by atoms with Gasteiger partial charge in [0.1, 0.15) is 0 Å². The zero-order valence-electron chi connectivity index (χ0n) is 6.74. The van der Waals surface area contributed by atoms with Crippen molar-refractivity contribution in [2.24, 2.45) is 0 Å². The van der Waals surface area contributed by atoms with Gasteiger partial charge in [0.05, 0.1) is 0 Å². The first kappa shape index (κ1) is 12.2. The SMILES string of the molecule is CC(=O)OC(C)(C(=O)Cl)C(F)(F)F. The molecule has 0 radical (unpaired) electrons. The normalized spacial score (nSPS) is 16.2. The fourth-order valence-corrected chi connectivity index (χ4v) is 0.643. The molecule has 0 spiro atoms. The molecule has 0 bridgehead atoms. The average Bonchev–Trinajstić information content (AvgIpc) is 1.82. The second-order valence-electron chi connectivity index (χ2n) is 2.40. The van der Waals surface area contributed by atoms with Gasteiger partial charge in [0, 0.05) is 6.92 Å². The Morgan fingerprint density at radius 3 is 1.77 bits per heavy atom. The average molecular weight is 219 g/mol. The molecular weight excluding hydrogens is 213 g/mol. The highest BCUT2D eigenvalue weighted by Gasteiger charge is 2.59. The summed E-state index contributed by atoms with van der Waals surface area (Å²) in [6.07, 6.45) is -5.02. The smallest absolute Gasteiger partial charge is 0.436 e. The Kier molecular flexibility index (Phi) is 3.32. The molecule has 0 aliphatic heterocycles. The predicted molar refractivity (Wildman–Crippen MR) is 37.1 cm³/mol. The molecule has 76 valence electrons. The summed E-state index contributed by atoms with van der Waals surface area (Å²) < 4.78 is 40.2. The van der Waals surface area contributed by atoms with E-state index in [1.165, 1.54) is 0 Å². The molecule has 3 nitrogen and oxygen atoms in total. The van der Waals surface area contributed by atoms with Crippen molar-refractivity contribution in [2.75, 3.05) is 0 Å². The second-order valence-corrected chi connectivity index (χ2v) is 2.74. The van der Waals surface area contributed by atoms with Gasteiger partial charge in [-0.1, -0.05) is 0 Å². The predicted octanol–water partition coefficient (Wildman–Crippen LogP) is 1.64. The van der Waals surface area contributed by atoms with Crippen molar-refractivity contribution < 1.29 is 27.5 Å². The van der Waals surface area contributed by atoms with Crippen LogP contribution in [0.4, 0.5) is 13.2 Å². The molecule has 13 heavy (non-hydrogen) atoms. The first-order valence-corrected chi connectivity index (χ1v) is 3.45. The van der Waals surface area contributed by atoms with Gasteiger partial charge in [-0.2, -0.15) is 13.2 Å². The lowest BCUT2D eigenvalue weighted by molar-refractivity contribution is -0.250. The Morgan fingerprint density at radius 2 is 1.69 bits per heavy atom. The maximum atomic E-state index is 12.1. The van der Waals surface area contributed by atoms with Crippen molar-refractivity contribution in [3.8, 4) is 0 Å². The number of hydrogen-bond acceptors (Lipinski definition) is 3. The molecule has 7 heteroatoms. The van der Waals surface area contributed by atoms with Crippen LogP contribution in [0.15, 0.2) is 0 Å². The lowest BCUT2D eigenvalue weighted by Gasteiger charge is -2.26. The molecule has 0 N–H and O–H groups in total. The Bertz CT molecular complexity index is 238. The second kappa shape index (κ2) is 3.53. The highest BCUT2D eigenvalue weighted by atomic mass is 35.5. The van der Waals surface area contributed by atoms with Crippen LogP contribution in [0.2, 0.25) is 0 Å². The molecular formula is C6H6ClF3O3. The van der Waals surface area contributed by atoms with Gasteiger partial charge in [-0.3, -0.25) is 9.59 Å². The summed E-state index contributed by atoms with van der Waals surface area (Å²) in [4.78, 5) is 20.7. The summed E-state index contributed by atoms with van der Waals surface area (Å²) in [5.41, 5.74) is -3.26. The molecule has 1 atom stereocenters. The van der Waals surface area contributed by atoms with Gasteiger partial charge in [-0.25, -0.2) is 0 Å². The number of alkyl halides is 3. The summed E-state index contributed by atoms with van der Waals surface area (Å²) in [5.74, 6) is -1.23. The van der Waals surface area contributed by atoms with E-state index >= 15 is 0 Å². The standard InChI is InChI=1S/C6H6ClF3O3/c1-3(11)13-5(2,4(7)12)6(8,9)10/h1-2H3. The minimum absolute atomic E-state index is 0.393. The minimum Gasteiger partial charge on any atom is -0.440 e. The van der Waals surface area contributed by atoms with Gasteiger partial charge >= 0.3 is 12.1 Å². The summed E-state index contributed by atoms with van der Waals surface area (Å²) in [5, 5.41) is -1.78. The zero-order chi connectivity index (χ0) is 10.9. The largest absolute Gasteiger partial charge is 0.440 e. The lowest BCUT2D eigenvalue weighted by atomic mass is 10.1. The zero-order valence-corrected chi connectivity index (χ0v) is 7.49. The summed E-state index contributed by atoms with van der Waals surface area (Å²) >= 11 is 4.68. The van der Waals surface area contributed by atoms with Crippen LogP contribution < -0.4 is 0 Å². The van der Waals surface area contributed by atoms with E-state index in [2.05, 4.69) is 16.3 Å². The first-order chi connectivity index (χ1) is 5.61. The van der Waals surface area contributed by atoms with E-state index in [1.807, 2.05) is 0 Å². The van der Waals surface area contributed by atoms with Crippen LogP contribution >= 0.6 is 11.6 Å². The summed E-state index contributed by atoms with van der Waals surface area (Å²) in [6, 6.07) is 0. The summed E-state index contributed by atoms with van der Waals surface area (Å²) in [6.45, 7) is 1.15. The number of carbonyl (C=O) groups excluding carboxylic acids is 2. The summed E-state index contributed by atoms with van der Waals surface area (Å²) in [7, 11) is 0. The van der Waals surface area contributed by atoms with E-state index in [0.717, 1.165) is 6.92 Å². The van der Waals surface area contributed by atoms with Crippen molar-refractivity contribution in [1.29, 1.82) is 0 Å². The van der Waals surface area contributed by atoms with Gasteiger partial charge in [0.25, 0.3) is 10.8 Å². The molecule has 0 aromatic rings. The molecule has 0 saturated carbocycles. The highest BCUT2D eigenvalue weighted by Crippen LogP contribution is 2.35. The van der Waals surface area contributed by atoms with E-state index in [0.29, 0.717) is 6.92 Å². The van der Waals surface area contributed by atoms with Crippen molar-refractivity contribution in [2.45, 2.75) is 25.6 Å². The minimum atomic E-state index is -5.02. The van der Waals surface area contributed by atoms with E-state index in [1.54, 1.807) is 0 Å². The number of ether oxygens (including phenoxy) is 1. The van der Waals surface area contributed by atoms with Crippen LogP contribution in [0.25, 0.3) is 0 Å². The third-order valence-corrected chi connectivity index (χ3v) is 1.62. The molecule has 1 unspecified atom stereocenters. The molecule has 0 aromatic carbocycles. The van der Waals surface area contributed by atoms with Gasteiger partial charge in [0.2, 0.25) is 0 Å². The Hall–Kier alpha value is -0.780. The number of esters is 1. The molecule has 0 rings (SSSR count). The van der Waals surface area contributed by atoms with Crippen LogP contribution in [0.3, 0.4) is 0 Å². The molecule has 0 heterocycles. The number of hydrogen-bond donors (Lipinski definition) is 0. The molecule has 0 amide bonds. The molecule has 0 saturated heterocycles. The van der Waals surface area contributed by atoms with Crippen LogP contribution in [-0.2, 0) is 14.3 Å². The van der Waals surface area contributed by atoms with E-state index in [4.69, 9.17) is 0 Å². The maximum absolute atomic E-state index is 12.1. The Labute approximate surface area is 76.8 Å². The van der Waals surface area contributed by atoms with Crippen molar-refractivity contribution in [3.05, 3.63) is 0 Å². The van der Waals surface area contributed by atoms with E-state index in [9.17, 15) is 22.8 Å².